The average molecular weight is 293 g/mol. The highest BCUT2D eigenvalue weighted by Gasteiger charge is 2.32. The molecular weight excluding hydrogens is 278 g/mol. The van der Waals surface area contributed by atoms with Gasteiger partial charge in [-0.2, -0.15) is 0 Å². The minimum Gasteiger partial charge on any atom is -0.378 e. The van der Waals surface area contributed by atoms with Gasteiger partial charge in [-0.15, -0.1) is 0 Å². The van der Waals surface area contributed by atoms with Crippen LogP contribution in [0.4, 0.5) is 0 Å². The smallest absolute Gasteiger partial charge is 0.305 e. The van der Waals surface area contributed by atoms with E-state index in [1.807, 2.05) is 0 Å². The minimum absolute atomic E-state index is 0.0363. The molecule has 1 saturated heterocycles. The van der Waals surface area contributed by atoms with Crippen LogP contribution in [-0.2, 0) is 14.8 Å². The number of aromatic nitrogens is 1. The van der Waals surface area contributed by atoms with Crippen molar-refractivity contribution in [1.82, 2.24) is 15.0 Å². The van der Waals surface area contributed by atoms with Crippen LogP contribution < -0.4 is 14.9 Å². The molecule has 0 saturated carbocycles. The molecule has 1 aromatic rings. The third-order valence-corrected chi connectivity index (χ3v) is 5.89. The number of aromatic amines is 1. The summed E-state index contributed by atoms with van der Waals surface area (Å²) in [5, 5.41) is 3.05. The lowest BCUT2D eigenvalue weighted by Crippen LogP contribution is -2.43. The quantitative estimate of drug-likeness (QED) is 0.662. The number of ether oxygens (including phenoxy) is 1. The fourth-order valence-electron chi connectivity index (χ4n) is 1.92. The fraction of sp³-hybridized carbons (Fsp3) is 0.667. The van der Waals surface area contributed by atoms with Crippen LogP contribution in [0, 0.1) is 6.92 Å². The molecule has 0 aromatic carbocycles. The van der Waals surface area contributed by atoms with Crippen LogP contribution in [0.1, 0.15) is 5.69 Å². The second kappa shape index (κ2) is 5.10. The molecule has 18 heavy (non-hydrogen) atoms. The van der Waals surface area contributed by atoms with Gasteiger partial charge in [-0.1, -0.05) is 11.3 Å². The summed E-state index contributed by atoms with van der Waals surface area (Å²) in [7, 11) is -2.14. The molecule has 2 atom stereocenters. The fourth-order valence-corrected chi connectivity index (χ4v) is 4.50. The molecule has 1 aromatic heterocycles. The number of hydrogen-bond donors (Lipinski definition) is 3. The van der Waals surface area contributed by atoms with E-state index in [0.29, 0.717) is 30.1 Å². The third kappa shape index (κ3) is 2.64. The topological polar surface area (TPSA) is 100 Å². The molecule has 0 radical (unpaired) electrons. The lowest BCUT2D eigenvalue weighted by molar-refractivity contribution is 0.103. The summed E-state index contributed by atoms with van der Waals surface area (Å²) < 4.78 is 32.1. The highest BCUT2D eigenvalue weighted by molar-refractivity contribution is 7.91. The van der Waals surface area contributed by atoms with Gasteiger partial charge in [0.1, 0.15) is 0 Å². The number of hydrogen-bond acceptors (Lipinski definition) is 6. The first-order chi connectivity index (χ1) is 8.44. The molecule has 3 N–H and O–H groups in total. The average Bonchev–Trinajstić information content (AvgIpc) is 2.84. The molecule has 102 valence electrons. The highest BCUT2D eigenvalue weighted by Crippen LogP contribution is 2.17. The van der Waals surface area contributed by atoms with Crippen molar-refractivity contribution in [3.8, 4) is 0 Å². The number of aryl methyl sites for hydroxylation is 1. The van der Waals surface area contributed by atoms with E-state index in [-0.39, 0.29) is 21.2 Å². The Morgan fingerprint density at radius 1 is 1.44 bits per heavy atom. The van der Waals surface area contributed by atoms with Gasteiger partial charge in [0.15, 0.2) is 4.21 Å². The summed E-state index contributed by atoms with van der Waals surface area (Å²) in [6, 6.07) is -0.323. The van der Waals surface area contributed by atoms with E-state index in [0.717, 1.165) is 0 Å². The Hall–Kier alpha value is -0.740. The van der Waals surface area contributed by atoms with E-state index >= 15 is 0 Å². The van der Waals surface area contributed by atoms with Crippen molar-refractivity contribution >= 4 is 21.4 Å². The molecule has 0 spiro atoms. The molecule has 0 amide bonds. The van der Waals surface area contributed by atoms with Crippen molar-refractivity contribution in [2.45, 2.75) is 23.3 Å². The zero-order chi connectivity index (χ0) is 13.3. The third-order valence-electron chi connectivity index (χ3n) is 2.79. The van der Waals surface area contributed by atoms with Gasteiger partial charge in [0.2, 0.25) is 0 Å². The maximum Gasteiger partial charge on any atom is 0.305 e. The second-order valence-corrected chi connectivity index (χ2v) is 6.98. The van der Waals surface area contributed by atoms with Crippen LogP contribution in [0.2, 0.25) is 0 Å². The molecule has 9 heteroatoms. The molecule has 7 nitrogen and oxygen atoms in total. The van der Waals surface area contributed by atoms with Gasteiger partial charge >= 0.3 is 4.87 Å². The Labute approximate surface area is 109 Å². The molecule has 2 heterocycles. The Kier molecular flexibility index (Phi) is 3.87. The van der Waals surface area contributed by atoms with Gasteiger partial charge in [-0.25, -0.2) is 13.1 Å². The predicted octanol–water partition coefficient (Wildman–Crippen LogP) is -0.990. The summed E-state index contributed by atoms with van der Waals surface area (Å²) in [6.45, 7) is 2.68. The molecule has 1 unspecified atom stereocenters. The number of thiazole rings is 1. The largest absolute Gasteiger partial charge is 0.378 e. The van der Waals surface area contributed by atoms with Gasteiger partial charge in [-0.05, 0) is 6.92 Å². The zero-order valence-electron chi connectivity index (χ0n) is 10.0. The van der Waals surface area contributed by atoms with Crippen molar-refractivity contribution in [2.75, 3.05) is 20.2 Å². The molecule has 0 aliphatic carbocycles. The van der Waals surface area contributed by atoms with Gasteiger partial charge in [0.05, 0.1) is 12.1 Å². The lowest BCUT2D eigenvalue weighted by atomic mass is 10.2. The van der Waals surface area contributed by atoms with Crippen LogP contribution in [0.25, 0.3) is 0 Å². The maximum atomic E-state index is 12.1. The molecule has 1 aliphatic rings. The summed E-state index contributed by atoms with van der Waals surface area (Å²) in [6.07, 6.45) is -0.198. The summed E-state index contributed by atoms with van der Waals surface area (Å²) >= 11 is 0.691. The van der Waals surface area contributed by atoms with Crippen LogP contribution in [-0.4, -0.2) is 45.7 Å². The Morgan fingerprint density at radius 3 is 2.72 bits per heavy atom. The summed E-state index contributed by atoms with van der Waals surface area (Å²) in [5.41, 5.74) is 0.359. The van der Waals surface area contributed by atoms with E-state index in [1.54, 1.807) is 14.0 Å². The van der Waals surface area contributed by atoms with Crippen LogP contribution >= 0.6 is 11.3 Å². The van der Waals surface area contributed by atoms with Crippen molar-refractivity contribution in [3.05, 3.63) is 15.4 Å². The van der Waals surface area contributed by atoms with E-state index in [9.17, 15) is 13.2 Å². The molecule has 2 rings (SSSR count). The first kappa shape index (κ1) is 13.7. The number of rotatable bonds is 4. The number of methoxy groups -OCH3 is 1. The Balaban J connectivity index is 2.22. The Bertz CT molecular complexity index is 577. The summed E-state index contributed by atoms with van der Waals surface area (Å²) in [5.74, 6) is 0. The highest BCUT2D eigenvalue weighted by atomic mass is 32.2. The first-order valence-corrected chi connectivity index (χ1v) is 7.69. The van der Waals surface area contributed by atoms with E-state index in [2.05, 4.69) is 15.0 Å². The SMILES string of the molecule is CO[C@H]1CNCC1NS(=O)(=O)c1sc(=O)[nH]c1C. The van der Waals surface area contributed by atoms with Crippen LogP contribution in [0.15, 0.2) is 9.00 Å². The molecular formula is C9H15N3O4S2. The number of nitrogens with one attached hydrogen (secondary N) is 3. The van der Waals surface area contributed by atoms with Gasteiger partial charge in [0, 0.05) is 25.9 Å². The lowest BCUT2D eigenvalue weighted by Gasteiger charge is -2.18. The predicted molar refractivity (Wildman–Crippen MR) is 67.5 cm³/mol. The van der Waals surface area contributed by atoms with Crippen LogP contribution in [0.3, 0.4) is 0 Å². The van der Waals surface area contributed by atoms with Crippen molar-refractivity contribution in [3.63, 3.8) is 0 Å². The zero-order valence-corrected chi connectivity index (χ0v) is 11.7. The normalized spacial score (nSPS) is 24.6. The molecule has 0 bridgehead atoms. The van der Waals surface area contributed by atoms with E-state index in [1.165, 1.54) is 0 Å². The van der Waals surface area contributed by atoms with Gasteiger partial charge in [-0.3, -0.25) is 4.79 Å². The maximum absolute atomic E-state index is 12.1. The summed E-state index contributed by atoms with van der Waals surface area (Å²) in [4.78, 5) is 13.2. The van der Waals surface area contributed by atoms with Crippen molar-refractivity contribution < 1.29 is 13.2 Å². The molecule has 1 fully saturated rings. The first-order valence-electron chi connectivity index (χ1n) is 5.39. The van der Waals surface area contributed by atoms with Gasteiger partial charge < -0.3 is 15.0 Å². The van der Waals surface area contributed by atoms with Crippen molar-refractivity contribution in [1.29, 1.82) is 0 Å². The van der Waals surface area contributed by atoms with Crippen LogP contribution in [0.5, 0.6) is 0 Å². The number of sulfonamides is 1. The van der Waals surface area contributed by atoms with E-state index < -0.39 is 10.0 Å². The van der Waals surface area contributed by atoms with E-state index in [4.69, 9.17) is 4.74 Å². The Morgan fingerprint density at radius 2 is 2.17 bits per heavy atom. The molecule has 1 aliphatic heterocycles. The second-order valence-electron chi connectivity index (χ2n) is 4.09. The minimum atomic E-state index is -3.68. The van der Waals surface area contributed by atoms with Crippen molar-refractivity contribution in [2.24, 2.45) is 0 Å². The number of H-pyrrole nitrogens is 1. The van der Waals surface area contributed by atoms with Gasteiger partial charge in [0.25, 0.3) is 10.0 Å². The monoisotopic (exact) mass is 293 g/mol. The standard InChI is InChI=1S/C9H15N3O4S2/c1-5-8(17-9(13)11-5)18(14,15)12-6-3-10-4-7(6)16-2/h6-7,10,12H,3-4H2,1-2H3,(H,11,13)/t6?,7-/m0/s1.